The SMILES string of the molecule is CN(C(=O)Cc1ccc(Cl)c(Cl)c1)[C@@H]1c2ccccc2C[C@H]1N1CC=CC1. The average molecular weight is 401 g/mol. The molecule has 0 aromatic heterocycles. The summed E-state index contributed by atoms with van der Waals surface area (Å²) in [7, 11) is 1.92. The van der Waals surface area contributed by atoms with Crippen molar-refractivity contribution < 1.29 is 4.79 Å². The van der Waals surface area contributed by atoms with Gasteiger partial charge < -0.3 is 4.90 Å². The standard InChI is InChI=1S/C22H22Cl2N2O/c1-25(21(27)13-15-8-9-18(23)19(24)12-15)22-17-7-3-2-6-16(17)14-20(22)26-10-4-5-11-26/h2-9,12,20,22H,10-11,13-14H2,1H3/t20-,22-/m1/s1. The molecule has 0 saturated heterocycles. The smallest absolute Gasteiger partial charge is 0.227 e. The van der Waals surface area contributed by atoms with Gasteiger partial charge in [0.2, 0.25) is 5.91 Å². The van der Waals surface area contributed by atoms with Gasteiger partial charge in [0.15, 0.2) is 0 Å². The number of halogens is 2. The third kappa shape index (κ3) is 3.64. The van der Waals surface area contributed by atoms with Crippen molar-refractivity contribution >= 4 is 29.1 Å². The molecule has 1 aliphatic heterocycles. The molecule has 2 atom stereocenters. The average Bonchev–Trinajstić information content (AvgIpc) is 3.31. The Morgan fingerprint density at radius 3 is 2.59 bits per heavy atom. The highest BCUT2D eigenvalue weighted by atomic mass is 35.5. The predicted octanol–water partition coefficient (Wildman–Crippen LogP) is 4.53. The van der Waals surface area contributed by atoms with Crippen molar-refractivity contribution in [2.75, 3.05) is 20.1 Å². The molecule has 2 aliphatic rings. The van der Waals surface area contributed by atoms with Crippen molar-refractivity contribution in [3.8, 4) is 0 Å². The van der Waals surface area contributed by atoms with E-state index in [4.69, 9.17) is 23.2 Å². The Hall–Kier alpha value is -1.81. The fraction of sp³-hybridized carbons (Fsp3) is 0.318. The number of amides is 1. The largest absolute Gasteiger partial charge is 0.337 e. The first kappa shape index (κ1) is 18.5. The Kier molecular flexibility index (Phi) is 5.27. The second kappa shape index (κ2) is 7.67. The highest BCUT2D eigenvalue weighted by Gasteiger charge is 2.40. The molecule has 0 radical (unpaired) electrons. The lowest BCUT2D eigenvalue weighted by molar-refractivity contribution is -0.132. The van der Waals surface area contributed by atoms with Gasteiger partial charge in [-0.1, -0.05) is 65.7 Å². The van der Waals surface area contributed by atoms with Gasteiger partial charge in [0, 0.05) is 26.2 Å². The zero-order valence-electron chi connectivity index (χ0n) is 15.2. The minimum Gasteiger partial charge on any atom is -0.337 e. The number of hydrogen-bond donors (Lipinski definition) is 0. The van der Waals surface area contributed by atoms with Crippen LogP contribution in [-0.2, 0) is 17.6 Å². The van der Waals surface area contributed by atoms with Crippen LogP contribution in [0, 0.1) is 0 Å². The molecule has 1 heterocycles. The Balaban J connectivity index is 1.58. The second-order valence-corrected chi connectivity index (χ2v) is 8.08. The molecule has 4 rings (SSSR count). The molecular weight excluding hydrogens is 379 g/mol. The van der Waals surface area contributed by atoms with Gasteiger partial charge in [0.1, 0.15) is 0 Å². The number of benzene rings is 2. The summed E-state index contributed by atoms with van der Waals surface area (Å²) in [5.41, 5.74) is 3.49. The summed E-state index contributed by atoms with van der Waals surface area (Å²) in [6.45, 7) is 1.90. The maximum atomic E-state index is 13.1. The Bertz CT molecular complexity index is 888. The summed E-state index contributed by atoms with van der Waals surface area (Å²) in [5, 5.41) is 0.990. The molecule has 1 aliphatic carbocycles. The summed E-state index contributed by atoms with van der Waals surface area (Å²) in [6, 6.07) is 14.2. The fourth-order valence-corrected chi connectivity index (χ4v) is 4.54. The predicted molar refractivity (Wildman–Crippen MR) is 110 cm³/mol. The molecule has 1 amide bonds. The van der Waals surface area contributed by atoms with Gasteiger partial charge in [-0.25, -0.2) is 0 Å². The first-order valence-electron chi connectivity index (χ1n) is 9.21. The van der Waals surface area contributed by atoms with Crippen molar-refractivity contribution in [1.29, 1.82) is 0 Å². The maximum Gasteiger partial charge on any atom is 0.227 e. The first-order valence-corrected chi connectivity index (χ1v) is 9.96. The van der Waals surface area contributed by atoms with E-state index in [0.29, 0.717) is 22.5 Å². The molecule has 0 fully saturated rings. The molecule has 2 aromatic carbocycles. The summed E-state index contributed by atoms with van der Waals surface area (Å²) < 4.78 is 0. The van der Waals surface area contributed by atoms with Gasteiger partial charge in [-0.3, -0.25) is 9.69 Å². The fourth-order valence-electron chi connectivity index (χ4n) is 4.22. The Morgan fingerprint density at radius 1 is 1.11 bits per heavy atom. The lowest BCUT2D eigenvalue weighted by Gasteiger charge is -2.35. The van der Waals surface area contributed by atoms with Crippen LogP contribution in [0.15, 0.2) is 54.6 Å². The zero-order valence-corrected chi connectivity index (χ0v) is 16.7. The quantitative estimate of drug-likeness (QED) is 0.703. The van der Waals surface area contributed by atoms with E-state index in [0.717, 1.165) is 25.1 Å². The minimum absolute atomic E-state index is 0.0661. The van der Waals surface area contributed by atoms with Gasteiger partial charge >= 0.3 is 0 Å². The molecule has 2 aromatic rings. The Labute approximate surface area is 170 Å². The van der Waals surface area contributed by atoms with Gasteiger partial charge in [-0.2, -0.15) is 0 Å². The van der Waals surface area contributed by atoms with E-state index in [9.17, 15) is 4.79 Å². The number of nitrogens with zero attached hydrogens (tertiary/aromatic N) is 2. The van der Waals surface area contributed by atoms with Crippen molar-refractivity contribution in [3.05, 3.63) is 81.4 Å². The number of fused-ring (bicyclic) bond motifs is 1. The first-order chi connectivity index (χ1) is 13.0. The normalized spacial score (nSPS) is 21.4. The molecule has 0 bridgehead atoms. The molecular formula is C22H22Cl2N2O. The molecule has 0 unspecified atom stereocenters. The second-order valence-electron chi connectivity index (χ2n) is 7.27. The van der Waals surface area contributed by atoms with Crippen LogP contribution in [0.25, 0.3) is 0 Å². The molecule has 5 heteroatoms. The summed E-state index contributed by atoms with van der Waals surface area (Å²) in [5.74, 6) is 0.0900. The molecule has 3 nitrogen and oxygen atoms in total. The topological polar surface area (TPSA) is 23.6 Å². The van der Waals surface area contributed by atoms with Gasteiger partial charge in [-0.15, -0.1) is 0 Å². The van der Waals surface area contributed by atoms with E-state index in [1.165, 1.54) is 11.1 Å². The highest BCUT2D eigenvalue weighted by Crippen LogP contribution is 2.39. The van der Waals surface area contributed by atoms with Crippen LogP contribution in [0.1, 0.15) is 22.7 Å². The van der Waals surface area contributed by atoms with Crippen LogP contribution >= 0.6 is 23.2 Å². The number of hydrogen-bond acceptors (Lipinski definition) is 2. The van der Waals surface area contributed by atoms with Crippen LogP contribution in [-0.4, -0.2) is 41.9 Å². The number of carbonyl (C=O) groups is 1. The third-order valence-electron chi connectivity index (χ3n) is 5.63. The van der Waals surface area contributed by atoms with E-state index >= 15 is 0 Å². The molecule has 0 spiro atoms. The Morgan fingerprint density at radius 2 is 1.85 bits per heavy atom. The van der Waals surface area contributed by atoms with Crippen molar-refractivity contribution in [1.82, 2.24) is 9.80 Å². The lowest BCUT2D eigenvalue weighted by atomic mass is 10.0. The molecule has 140 valence electrons. The van der Waals surface area contributed by atoms with Crippen LogP contribution < -0.4 is 0 Å². The van der Waals surface area contributed by atoms with Crippen LogP contribution in [0.3, 0.4) is 0 Å². The van der Waals surface area contributed by atoms with Gasteiger partial charge in [-0.05, 0) is 35.2 Å². The highest BCUT2D eigenvalue weighted by molar-refractivity contribution is 6.42. The van der Waals surface area contributed by atoms with E-state index < -0.39 is 0 Å². The van der Waals surface area contributed by atoms with Gasteiger partial charge in [0.05, 0.1) is 22.5 Å². The van der Waals surface area contributed by atoms with Crippen LogP contribution in [0.4, 0.5) is 0 Å². The number of rotatable bonds is 4. The number of likely N-dealkylation sites (N-methyl/N-ethyl adjacent to an activating group) is 1. The lowest BCUT2D eigenvalue weighted by Crippen LogP contribution is -2.44. The van der Waals surface area contributed by atoms with Crippen molar-refractivity contribution in [2.45, 2.75) is 24.9 Å². The van der Waals surface area contributed by atoms with E-state index in [-0.39, 0.29) is 11.9 Å². The van der Waals surface area contributed by atoms with E-state index in [2.05, 4.69) is 41.3 Å². The summed E-state index contributed by atoms with van der Waals surface area (Å²) >= 11 is 12.1. The minimum atomic E-state index is 0.0661. The summed E-state index contributed by atoms with van der Waals surface area (Å²) in [4.78, 5) is 17.4. The van der Waals surface area contributed by atoms with E-state index in [1.54, 1.807) is 12.1 Å². The van der Waals surface area contributed by atoms with Crippen LogP contribution in [0.5, 0.6) is 0 Å². The molecule has 27 heavy (non-hydrogen) atoms. The monoisotopic (exact) mass is 400 g/mol. The van der Waals surface area contributed by atoms with Crippen molar-refractivity contribution in [3.63, 3.8) is 0 Å². The third-order valence-corrected chi connectivity index (χ3v) is 6.37. The zero-order chi connectivity index (χ0) is 19.0. The van der Waals surface area contributed by atoms with E-state index in [1.807, 2.05) is 18.0 Å². The van der Waals surface area contributed by atoms with Crippen LogP contribution in [0.2, 0.25) is 10.0 Å². The number of carbonyl (C=O) groups excluding carboxylic acids is 1. The van der Waals surface area contributed by atoms with Crippen molar-refractivity contribution in [2.24, 2.45) is 0 Å². The summed E-state index contributed by atoms with van der Waals surface area (Å²) in [6.07, 6.45) is 5.71. The molecule has 0 N–H and O–H groups in total. The maximum absolute atomic E-state index is 13.1. The van der Waals surface area contributed by atoms with Gasteiger partial charge in [0.25, 0.3) is 0 Å². The molecule has 0 saturated carbocycles.